The summed E-state index contributed by atoms with van der Waals surface area (Å²) in [5, 5.41) is 9.00. The van der Waals surface area contributed by atoms with Crippen LogP contribution in [0.4, 0.5) is 0 Å². The van der Waals surface area contributed by atoms with Gasteiger partial charge in [-0.3, -0.25) is 9.59 Å². The number of hydrogen-bond donors (Lipinski definition) is 0. The van der Waals surface area contributed by atoms with Crippen LogP contribution in [0.25, 0.3) is 0 Å². The van der Waals surface area contributed by atoms with Crippen molar-refractivity contribution in [1.82, 2.24) is 0 Å². The largest absolute Gasteiger partial charge is 0.465 e. The van der Waals surface area contributed by atoms with Gasteiger partial charge in [-0.1, -0.05) is 0 Å². The zero-order chi connectivity index (χ0) is 12.2. The molecular formula is C11H15NO4. The Morgan fingerprint density at radius 3 is 1.94 bits per heavy atom. The summed E-state index contributed by atoms with van der Waals surface area (Å²) in [6, 6.07) is 2.03. The van der Waals surface area contributed by atoms with Crippen LogP contribution < -0.4 is 0 Å². The van der Waals surface area contributed by atoms with Crippen LogP contribution in [0, 0.1) is 22.7 Å². The molecule has 5 nitrogen and oxygen atoms in total. The third-order valence-electron chi connectivity index (χ3n) is 2.61. The van der Waals surface area contributed by atoms with Crippen LogP contribution in [0.15, 0.2) is 0 Å². The normalized spacial score (nSPS) is 16.4. The lowest BCUT2D eigenvalue weighted by Crippen LogP contribution is -2.35. The maximum Gasteiger partial charge on any atom is 0.321 e. The molecule has 0 aliphatic heterocycles. The molecule has 0 amide bonds. The summed E-state index contributed by atoms with van der Waals surface area (Å²) in [6.45, 7) is 3.70. The number of esters is 2. The number of carbonyl (C=O) groups excluding carboxylic acids is 2. The summed E-state index contributed by atoms with van der Waals surface area (Å²) < 4.78 is 9.62. The number of carbonyl (C=O) groups is 2. The van der Waals surface area contributed by atoms with Crippen molar-refractivity contribution in [2.24, 2.45) is 11.3 Å². The molecule has 0 unspecified atom stereocenters. The quantitative estimate of drug-likeness (QED) is 0.516. The molecule has 1 rings (SSSR count). The van der Waals surface area contributed by atoms with Crippen molar-refractivity contribution in [3.8, 4) is 6.07 Å². The third-order valence-corrected chi connectivity index (χ3v) is 2.61. The van der Waals surface area contributed by atoms with Crippen LogP contribution in [0.3, 0.4) is 0 Å². The Labute approximate surface area is 94.3 Å². The maximum absolute atomic E-state index is 11.6. The highest BCUT2D eigenvalue weighted by Gasteiger charge is 2.58. The standard InChI is InChI=1S/C11H15NO4/c1-3-15-9(13)8(10(14)16-4-2)11(7-12)5-6-11/h8H,3-6H2,1-2H3. The summed E-state index contributed by atoms with van der Waals surface area (Å²) >= 11 is 0. The van der Waals surface area contributed by atoms with Gasteiger partial charge in [-0.2, -0.15) is 5.26 Å². The van der Waals surface area contributed by atoms with Crippen LogP contribution in [0.2, 0.25) is 0 Å². The number of nitrogens with zero attached hydrogens (tertiary/aromatic N) is 1. The molecule has 88 valence electrons. The van der Waals surface area contributed by atoms with E-state index >= 15 is 0 Å². The average Bonchev–Trinajstić information content (AvgIpc) is 3.00. The van der Waals surface area contributed by atoms with Gasteiger partial charge in [-0.25, -0.2) is 0 Å². The summed E-state index contributed by atoms with van der Waals surface area (Å²) in [6.07, 6.45) is 1.09. The van der Waals surface area contributed by atoms with Gasteiger partial charge in [0, 0.05) is 0 Å². The molecule has 0 radical (unpaired) electrons. The van der Waals surface area contributed by atoms with Gasteiger partial charge in [0.25, 0.3) is 0 Å². The van der Waals surface area contributed by atoms with E-state index in [1.54, 1.807) is 13.8 Å². The molecule has 1 aliphatic rings. The Balaban J connectivity index is 2.82. The minimum atomic E-state index is -1.09. The van der Waals surface area contributed by atoms with E-state index in [9.17, 15) is 9.59 Å². The molecule has 0 N–H and O–H groups in total. The zero-order valence-corrected chi connectivity index (χ0v) is 9.49. The lowest BCUT2D eigenvalue weighted by atomic mass is 9.90. The Bertz CT molecular complexity index is 309. The lowest BCUT2D eigenvalue weighted by molar-refractivity contribution is -0.164. The smallest absolute Gasteiger partial charge is 0.321 e. The number of rotatable bonds is 5. The first-order chi connectivity index (χ1) is 7.61. The van der Waals surface area contributed by atoms with Crippen molar-refractivity contribution in [2.75, 3.05) is 13.2 Å². The monoisotopic (exact) mass is 225 g/mol. The van der Waals surface area contributed by atoms with Crippen molar-refractivity contribution < 1.29 is 19.1 Å². The van der Waals surface area contributed by atoms with Gasteiger partial charge in [-0.05, 0) is 26.7 Å². The molecular weight excluding hydrogens is 210 g/mol. The fourth-order valence-electron chi connectivity index (χ4n) is 1.60. The van der Waals surface area contributed by atoms with E-state index in [1.165, 1.54) is 0 Å². The average molecular weight is 225 g/mol. The molecule has 0 heterocycles. The fourth-order valence-corrected chi connectivity index (χ4v) is 1.60. The predicted octanol–water partition coefficient (Wildman–Crippen LogP) is 1.03. The second kappa shape index (κ2) is 4.97. The molecule has 0 spiro atoms. The van der Waals surface area contributed by atoms with Crippen molar-refractivity contribution in [3.63, 3.8) is 0 Å². The van der Waals surface area contributed by atoms with Crippen LogP contribution in [-0.2, 0) is 19.1 Å². The third kappa shape index (κ3) is 2.32. The molecule has 1 fully saturated rings. The molecule has 1 aliphatic carbocycles. The van der Waals surface area contributed by atoms with E-state index in [-0.39, 0.29) is 13.2 Å². The highest BCUT2D eigenvalue weighted by Crippen LogP contribution is 2.52. The van der Waals surface area contributed by atoms with E-state index in [4.69, 9.17) is 14.7 Å². The Morgan fingerprint density at radius 1 is 1.25 bits per heavy atom. The highest BCUT2D eigenvalue weighted by molar-refractivity contribution is 5.97. The van der Waals surface area contributed by atoms with E-state index in [0.29, 0.717) is 12.8 Å². The van der Waals surface area contributed by atoms with Crippen LogP contribution >= 0.6 is 0 Å². The van der Waals surface area contributed by atoms with Gasteiger partial charge in [0.05, 0.1) is 24.7 Å². The van der Waals surface area contributed by atoms with Crippen molar-refractivity contribution in [3.05, 3.63) is 0 Å². The summed E-state index contributed by atoms with van der Waals surface area (Å²) in [7, 11) is 0. The minimum absolute atomic E-state index is 0.191. The van der Waals surface area contributed by atoms with E-state index in [1.807, 2.05) is 6.07 Å². The Morgan fingerprint density at radius 2 is 1.69 bits per heavy atom. The molecule has 0 atom stereocenters. The van der Waals surface area contributed by atoms with E-state index in [0.717, 1.165) is 0 Å². The van der Waals surface area contributed by atoms with Gasteiger partial charge in [0.1, 0.15) is 0 Å². The maximum atomic E-state index is 11.6. The van der Waals surface area contributed by atoms with Gasteiger partial charge in [0.15, 0.2) is 5.92 Å². The van der Waals surface area contributed by atoms with Crippen molar-refractivity contribution in [1.29, 1.82) is 5.26 Å². The molecule has 0 aromatic rings. The second-order valence-corrected chi connectivity index (χ2v) is 3.71. The first kappa shape index (κ1) is 12.5. The number of hydrogen-bond acceptors (Lipinski definition) is 5. The first-order valence-electron chi connectivity index (χ1n) is 5.35. The van der Waals surface area contributed by atoms with Crippen LogP contribution in [-0.4, -0.2) is 25.2 Å². The molecule has 1 saturated carbocycles. The van der Waals surface area contributed by atoms with Gasteiger partial charge < -0.3 is 9.47 Å². The van der Waals surface area contributed by atoms with E-state index < -0.39 is 23.3 Å². The van der Waals surface area contributed by atoms with Crippen molar-refractivity contribution >= 4 is 11.9 Å². The Hall–Kier alpha value is -1.57. The molecule has 0 aromatic heterocycles. The summed E-state index contributed by atoms with van der Waals surface area (Å²) in [5.74, 6) is -2.39. The SMILES string of the molecule is CCOC(=O)C(C(=O)OCC)C1(C#N)CC1. The predicted molar refractivity (Wildman–Crippen MR) is 54.0 cm³/mol. The molecule has 16 heavy (non-hydrogen) atoms. The topological polar surface area (TPSA) is 76.4 Å². The van der Waals surface area contributed by atoms with Gasteiger partial charge in [-0.15, -0.1) is 0 Å². The number of nitriles is 1. The van der Waals surface area contributed by atoms with Crippen LogP contribution in [0.5, 0.6) is 0 Å². The van der Waals surface area contributed by atoms with E-state index in [2.05, 4.69) is 0 Å². The van der Waals surface area contributed by atoms with Gasteiger partial charge >= 0.3 is 11.9 Å². The summed E-state index contributed by atoms with van der Waals surface area (Å²) in [5.41, 5.74) is -0.890. The fraction of sp³-hybridized carbons (Fsp3) is 0.727. The summed E-state index contributed by atoms with van der Waals surface area (Å²) in [4.78, 5) is 23.3. The second-order valence-electron chi connectivity index (χ2n) is 3.71. The van der Waals surface area contributed by atoms with Crippen LogP contribution in [0.1, 0.15) is 26.7 Å². The highest BCUT2D eigenvalue weighted by atomic mass is 16.6. The zero-order valence-electron chi connectivity index (χ0n) is 9.49. The molecule has 0 aromatic carbocycles. The Kier molecular flexibility index (Phi) is 3.88. The van der Waals surface area contributed by atoms with Crippen molar-refractivity contribution in [2.45, 2.75) is 26.7 Å². The first-order valence-corrected chi connectivity index (χ1v) is 5.35. The number of ether oxygens (including phenoxy) is 2. The molecule has 0 saturated heterocycles. The molecule has 0 bridgehead atoms. The minimum Gasteiger partial charge on any atom is -0.465 e. The van der Waals surface area contributed by atoms with Gasteiger partial charge in [0.2, 0.25) is 0 Å². The lowest BCUT2D eigenvalue weighted by Gasteiger charge is -2.17. The molecule has 5 heteroatoms.